The molecule has 0 unspecified atom stereocenters. The van der Waals surface area contributed by atoms with Crippen LogP contribution >= 0.6 is 0 Å². The molecule has 0 aliphatic heterocycles. The smallest absolute Gasteiger partial charge is 0.246 e. The van der Waals surface area contributed by atoms with Gasteiger partial charge < -0.3 is 0 Å². The molecule has 0 amide bonds. The van der Waals surface area contributed by atoms with Gasteiger partial charge in [-0.15, -0.1) is 0 Å². The third-order valence-corrected chi connectivity index (χ3v) is 5.40. The standard InChI is InChI=1S/C24H15F6N3O3/c1-14-8-2-5-11-17(14)31-20(34)32(18-12-6-3-9-15(18)23(25,26)27)22(36)33(21(31)35)19-13-7-4-10-16(19)24(28,29)30/h2-13H,1H3. The minimum atomic E-state index is -5.03. The van der Waals surface area contributed by atoms with Crippen molar-refractivity contribution in [2.24, 2.45) is 0 Å². The van der Waals surface area contributed by atoms with Crippen LogP contribution in [0.1, 0.15) is 16.7 Å². The number of aryl methyl sites for hydroxylation is 1. The Balaban J connectivity index is 2.27. The van der Waals surface area contributed by atoms with Gasteiger partial charge in [-0.2, -0.15) is 26.3 Å². The number of para-hydroxylation sites is 3. The van der Waals surface area contributed by atoms with Gasteiger partial charge >= 0.3 is 29.4 Å². The van der Waals surface area contributed by atoms with Crippen molar-refractivity contribution < 1.29 is 26.3 Å². The van der Waals surface area contributed by atoms with Crippen LogP contribution in [0.3, 0.4) is 0 Å². The zero-order chi connectivity index (χ0) is 26.4. The Morgan fingerprint density at radius 2 is 0.806 bits per heavy atom. The first kappa shape index (κ1) is 24.8. The Kier molecular flexibility index (Phi) is 5.99. The van der Waals surface area contributed by atoms with Crippen molar-refractivity contribution in [3.63, 3.8) is 0 Å². The fraction of sp³-hybridized carbons (Fsp3) is 0.125. The molecule has 4 rings (SSSR count). The highest BCUT2D eigenvalue weighted by atomic mass is 19.4. The van der Waals surface area contributed by atoms with Gasteiger partial charge in [0.1, 0.15) is 0 Å². The molecule has 0 atom stereocenters. The number of benzene rings is 3. The number of rotatable bonds is 3. The van der Waals surface area contributed by atoms with E-state index in [4.69, 9.17) is 0 Å². The Hall–Kier alpha value is -4.35. The highest BCUT2D eigenvalue weighted by Gasteiger charge is 2.37. The van der Waals surface area contributed by atoms with Crippen LogP contribution in [-0.4, -0.2) is 13.7 Å². The summed E-state index contributed by atoms with van der Waals surface area (Å²) in [5, 5.41) is 0. The molecule has 0 saturated carbocycles. The van der Waals surface area contributed by atoms with Crippen LogP contribution in [0.25, 0.3) is 17.1 Å². The van der Waals surface area contributed by atoms with Crippen molar-refractivity contribution in [1.29, 1.82) is 0 Å². The lowest BCUT2D eigenvalue weighted by Gasteiger charge is -2.19. The van der Waals surface area contributed by atoms with E-state index in [1.54, 1.807) is 6.07 Å². The van der Waals surface area contributed by atoms with Crippen molar-refractivity contribution >= 4 is 0 Å². The highest BCUT2D eigenvalue weighted by molar-refractivity contribution is 5.47. The lowest BCUT2D eigenvalue weighted by atomic mass is 10.1. The molecule has 3 aromatic carbocycles. The van der Waals surface area contributed by atoms with E-state index in [0.29, 0.717) is 22.3 Å². The molecule has 1 aromatic heterocycles. The van der Waals surface area contributed by atoms with Crippen molar-refractivity contribution in [3.05, 3.63) is 121 Å². The molecule has 0 saturated heterocycles. The lowest BCUT2D eigenvalue weighted by Crippen LogP contribution is -2.53. The second-order valence-electron chi connectivity index (χ2n) is 7.67. The van der Waals surface area contributed by atoms with E-state index in [9.17, 15) is 40.7 Å². The van der Waals surface area contributed by atoms with Crippen LogP contribution in [0, 0.1) is 6.92 Å². The minimum absolute atomic E-state index is 0.0455. The first-order valence-corrected chi connectivity index (χ1v) is 10.2. The first-order chi connectivity index (χ1) is 16.8. The van der Waals surface area contributed by atoms with Crippen LogP contribution in [0.5, 0.6) is 0 Å². The number of aromatic nitrogens is 3. The molecule has 36 heavy (non-hydrogen) atoms. The van der Waals surface area contributed by atoms with E-state index in [1.165, 1.54) is 25.1 Å². The quantitative estimate of drug-likeness (QED) is 0.384. The fourth-order valence-electron chi connectivity index (χ4n) is 3.79. The summed E-state index contributed by atoms with van der Waals surface area (Å²) >= 11 is 0. The summed E-state index contributed by atoms with van der Waals surface area (Å²) in [7, 11) is 0. The Morgan fingerprint density at radius 1 is 0.500 bits per heavy atom. The largest absolute Gasteiger partial charge is 0.418 e. The Morgan fingerprint density at radius 3 is 1.17 bits per heavy atom. The molecule has 0 fully saturated rings. The van der Waals surface area contributed by atoms with Crippen LogP contribution in [-0.2, 0) is 12.4 Å². The Labute approximate surface area is 197 Å². The van der Waals surface area contributed by atoms with Gasteiger partial charge in [-0.05, 0) is 42.8 Å². The molecule has 0 aliphatic rings. The molecular weight excluding hydrogens is 492 g/mol. The summed E-state index contributed by atoms with van der Waals surface area (Å²) in [6.07, 6.45) is -10.1. The number of hydrogen-bond acceptors (Lipinski definition) is 3. The number of hydrogen-bond donors (Lipinski definition) is 0. The van der Waals surface area contributed by atoms with Gasteiger partial charge in [0.05, 0.1) is 28.2 Å². The maximum atomic E-state index is 13.8. The summed E-state index contributed by atoms with van der Waals surface area (Å²) in [6.45, 7) is 1.48. The van der Waals surface area contributed by atoms with Gasteiger partial charge in [0.15, 0.2) is 0 Å². The van der Waals surface area contributed by atoms with Crippen LogP contribution in [0.4, 0.5) is 26.3 Å². The van der Waals surface area contributed by atoms with Gasteiger partial charge in [-0.25, -0.2) is 28.1 Å². The van der Waals surface area contributed by atoms with E-state index >= 15 is 0 Å². The number of alkyl halides is 6. The van der Waals surface area contributed by atoms with Crippen molar-refractivity contribution in [2.75, 3.05) is 0 Å². The lowest BCUT2D eigenvalue weighted by molar-refractivity contribution is -0.138. The van der Waals surface area contributed by atoms with Gasteiger partial charge in [0.25, 0.3) is 0 Å². The molecule has 6 nitrogen and oxygen atoms in total. The van der Waals surface area contributed by atoms with Crippen LogP contribution in [0.15, 0.2) is 87.2 Å². The minimum Gasteiger partial charge on any atom is -0.246 e. The zero-order valence-electron chi connectivity index (χ0n) is 18.3. The SMILES string of the molecule is Cc1ccccc1-n1c(=O)n(-c2ccccc2C(F)(F)F)c(=O)n(-c2ccccc2C(F)(F)F)c1=O. The molecule has 186 valence electrons. The average Bonchev–Trinajstić information content (AvgIpc) is 2.80. The van der Waals surface area contributed by atoms with Crippen LogP contribution < -0.4 is 17.1 Å². The second-order valence-corrected chi connectivity index (χ2v) is 7.67. The monoisotopic (exact) mass is 507 g/mol. The maximum absolute atomic E-state index is 13.8. The molecule has 1 heterocycles. The first-order valence-electron chi connectivity index (χ1n) is 10.2. The molecule has 0 radical (unpaired) electrons. The van der Waals surface area contributed by atoms with E-state index < -0.39 is 51.9 Å². The molecule has 0 spiro atoms. The summed E-state index contributed by atoms with van der Waals surface area (Å²) in [5.74, 6) is 0. The number of nitrogens with zero attached hydrogens (tertiary/aromatic N) is 3. The topological polar surface area (TPSA) is 66.0 Å². The van der Waals surface area contributed by atoms with Gasteiger partial charge in [-0.1, -0.05) is 42.5 Å². The summed E-state index contributed by atoms with van der Waals surface area (Å²) in [6, 6.07) is 12.9. The van der Waals surface area contributed by atoms with E-state index in [0.717, 1.165) is 36.4 Å². The maximum Gasteiger partial charge on any atom is 0.418 e. The molecular formula is C24H15F6N3O3. The summed E-state index contributed by atoms with van der Waals surface area (Å²) in [5.41, 5.74) is -9.13. The van der Waals surface area contributed by atoms with Gasteiger partial charge in [0, 0.05) is 0 Å². The van der Waals surface area contributed by atoms with Gasteiger partial charge in [-0.3, -0.25) is 0 Å². The average molecular weight is 507 g/mol. The predicted molar refractivity (Wildman–Crippen MR) is 118 cm³/mol. The van der Waals surface area contributed by atoms with Crippen molar-refractivity contribution in [3.8, 4) is 17.1 Å². The second kappa shape index (κ2) is 8.70. The van der Waals surface area contributed by atoms with E-state index in [1.807, 2.05) is 0 Å². The predicted octanol–water partition coefficient (Wildman–Crippen LogP) is 4.49. The molecule has 12 heteroatoms. The molecule has 0 N–H and O–H groups in total. The highest BCUT2D eigenvalue weighted by Crippen LogP contribution is 2.34. The van der Waals surface area contributed by atoms with Crippen LogP contribution in [0.2, 0.25) is 0 Å². The van der Waals surface area contributed by atoms with Crippen molar-refractivity contribution in [1.82, 2.24) is 13.7 Å². The van der Waals surface area contributed by atoms with Gasteiger partial charge in [0.2, 0.25) is 0 Å². The number of halogens is 6. The third-order valence-electron chi connectivity index (χ3n) is 5.40. The third kappa shape index (κ3) is 4.14. The molecule has 0 aliphatic carbocycles. The normalized spacial score (nSPS) is 12.1. The van der Waals surface area contributed by atoms with E-state index in [2.05, 4.69) is 0 Å². The molecule has 4 aromatic rings. The fourth-order valence-corrected chi connectivity index (χ4v) is 3.79. The van der Waals surface area contributed by atoms with E-state index in [-0.39, 0.29) is 14.8 Å². The summed E-state index contributed by atoms with van der Waals surface area (Å²) in [4.78, 5) is 40.3. The molecule has 0 bridgehead atoms. The van der Waals surface area contributed by atoms with Crippen molar-refractivity contribution in [2.45, 2.75) is 19.3 Å². The zero-order valence-corrected chi connectivity index (χ0v) is 18.3. The summed E-state index contributed by atoms with van der Waals surface area (Å²) < 4.78 is 83.1. The Bertz CT molecular complexity index is 1550.